The minimum absolute atomic E-state index is 0.212. The van der Waals surface area contributed by atoms with Crippen molar-refractivity contribution in [3.05, 3.63) is 0 Å². The number of amides is 1. The van der Waals surface area contributed by atoms with Crippen molar-refractivity contribution in [2.45, 2.75) is 53.0 Å². The Kier molecular flexibility index (Phi) is 7.14. The maximum Gasteiger partial charge on any atom is 0.226 e. The molecule has 0 aromatic rings. The zero-order chi connectivity index (χ0) is 16.0. The predicted octanol–water partition coefficient (Wildman–Crippen LogP) is 2.10. The summed E-state index contributed by atoms with van der Waals surface area (Å²) in [7, 11) is 4.13. The molecule has 2 atom stereocenters. The van der Waals surface area contributed by atoms with Crippen molar-refractivity contribution in [2.24, 2.45) is 17.3 Å². The third kappa shape index (κ3) is 5.95. The Hall–Kier alpha value is -0.610. The van der Waals surface area contributed by atoms with Crippen LogP contribution in [0.25, 0.3) is 0 Å². The minimum Gasteiger partial charge on any atom is -0.352 e. The maximum absolute atomic E-state index is 12.8. The normalized spacial score (nSPS) is 21.6. The molecule has 0 bridgehead atoms. The number of piperidine rings is 1. The van der Waals surface area contributed by atoms with Crippen molar-refractivity contribution in [1.82, 2.24) is 15.5 Å². The van der Waals surface area contributed by atoms with Crippen LogP contribution in [0.2, 0.25) is 0 Å². The molecule has 1 aliphatic rings. The molecule has 1 amide bonds. The Morgan fingerprint density at radius 3 is 2.52 bits per heavy atom. The Labute approximate surface area is 131 Å². The molecule has 2 N–H and O–H groups in total. The highest BCUT2D eigenvalue weighted by Gasteiger charge is 2.38. The van der Waals surface area contributed by atoms with Gasteiger partial charge in [-0.15, -0.1) is 0 Å². The first-order chi connectivity index (χ1) is 9.73. The summed E-state index contributed by atoms with van der Waals surface area (Å²) < 4.78 is 0. The summed E-state index contributed by atoms with van der Waals surface area (Å²) in [6, 6.07) is 0.239. The molecule has 0 aliphatic carbocycles. The molecule has 0 radical (unpaired) electrons. The minimum atomic E-state index is -0.297. The van der Waals surface area contributed by atoms with Crippen molar-refractivity contribution in [3.63, 3.8) is 0 Å². The molecule has 2 unspecified atom stereocenters. The predicted molar refractivity (Wildman–Crippen MR) is 89.3 cm³/mol. The highest BCUT2D eigenvalue weighted by Crippen LogP contribution is 2.32. The van der Waals surface area contributed by atoms with Gasteiger partial charge in [-0.25, -0.2) is 0 Å². The van der Waals surface area contributed by atoms with Crippen molar-refractivity contribution in [1.29, 1.82) is 0 Å². The summed E-state index contributed by atoms with van der Waals surface area (Å²) in [6.07, 6.45) is 3.35. The standard InChI is InChI=1S/C17H35N3O/c1-13(2)10-15(12-20(5)6)19-16(21)17(3,4)14-8-7-9-18-11-14/h13-15,18H,7-12H2,1-6H3,(H,19,21). The van der Waals surface area contributed by atoms with Crippen molar-refractivity contribution in [3.8, 4) is 0 Å². The molecule has 0 saturated carbocycles. The monoisotopic (exact) mass is 297 g/mol. The van der Waals surface area contributed by atoms with Crippen LogP contribution < -0.4 is 10.6 Å². The number of likely N-dealkylation sites (N-methyl/N-ethyl adjacent to an activating group) is 1. The van der Waals surface area contributed by atoms with Gasteiger partial charge in [-0.2, -0.15) is 0 Å². The van der Waals surface area contributed by atoms with Crippen molar-refractivity contribution >= 4 is 5.91 Å². The van der Waals surface area contributed by atoms with E-state index in [-0.39, 0.29) is 17.4 Å². The first-order valence-corrected chi connectivity index (χ1v) is 8.40. The van der Waals surface area contributed by atoms with Crippen LogP contribution in [0.5, 0.6) is 0 Å². The average molecular weight is 297 g/mol. The molecule has 0 aromatic heterocycles. The van der Waals surface area contributed by atoms with E-state index in [0.717, 1.165) is 32.5 Å². The van der Waals surface area contributed by atoms with Crippen molar-refractivity contribution < 1.29 is 4.79 Å². The van der Waals surface area contributed by atoms with Gasteiger partial charge in [0, 0.05) is 18.0 Å². The number of nitrogens with one attached hydrogen (secondary N) is 2. The van der Waals surface area contributed by atoms with Gasteiger partial charge in [-0.05, 0) is 58.3 Å². The molecule has 0 spiro atoms. The van der Waals surface area contributed by atoms with Gasteiger partial charge in [0.15, 0.2) is 0 Å². The largest absolute Gasteiger partial charge is 0.352 e. The van der Waals surface area contributed by atoms with Crippen molar-refractivity contribution in [2.75, 3.05) is 33.7 Å². The van der Waals surface area contributed by atoms with Gasteiger partial charge in [0.2, 0.25) is 5.91 Å². The van der Waals surface area contributed by atoms with E-state index in [1.54, 1.807) is 0 Å². The van der Waals surface area contributed by atoms with Gasteiger partial charge in [0.25, 0.3) is 0 Å². The highest BCUT2D eigenvalue weighted by molar-refractivity contribution is 5.82. The van der Waals surface area contributed by atoms with Gasteiger partial charge in [-0.3, -0.25) is 4.79 Å². The lowest BCUT2D eigenvalue weighted by atomic mass is 9.74. The number of rotatable bonds is 7. The molecular weight excluding hydrogens is 262 g/mol. The molecule has 1 rings (SSSR count). The topological polar surface area (TPSA) is 44.4 Å². The quantitative estimate of drug-likeness (QED) is 0.756. The summed E-state index contributed by atoms with van der Waals surface area (Å²) in [5.74, 6) is 1.24. The Bertz CT molecular complexity index is 310. The third-order valence-electron chi connectivity index (χ3n) is 4.58. The van der Waals surface area contributed by atoms with Gasteiger partial charge >= 0.3 is 0 Å². The summed E-state index contributed by atoms with van der Waals surface area (Å²) >= 11 is 0. The van der Waals surface area contributed by atoms with Crippen LogP contribution in [0.15, 0.2) is 0 Å². The molecule has 21 heavy (non-hydrogen) atoms. The molecule has 1 heterocycles. The molecule has 124 valence electrons. The van der Waals surface area contributed by atoms with Crippen LogP contribution in [-0.4, -0.2) is 50.6 Å². The lowest BCUT2D eigenvalue weighted by Gasteiger charge is -2.37. The summed E-state index contributed by atoms with van der Waals surface area (Å²) in [4.78, 5) is 14.9. The van der Waals surface area contributed by atoms with E-state index >= 15 is 0 Å². The van der Waals surface area contributed by atoms with E-state index in [0.29, 0.717) is 11.8 Å². The summed E-state index contributed by atoms with van der Waals surface area (Å²) in [5.41, 5.74) is -0.297. The first kappa shape index (κ1) is 18.4. The third-order valence-corrected chi connectivity index (χ3v) is 4.58. The number of hydrogen-bond acceptors (Lipinski definition) is 3. The fourth-order valence-corrected chi connectivity index (χ4v) is 3.21. The average Bonchev–Trinajstić information content (AvgIpc) is 2.38. The number of carbonyl (C=O) groups excluding carboxylic acids is 1. The SMILES string of the molecule is CC(C)CC(CN(C)C)NC(=O)C(C)(C)C1CCCNC1. The van der Waals surface area contributed by atoms with E-state index in [9.17, 15) is 4.79 Å². The van der Waals surface area contributed by atoms with Gasteiger partial charge in [0.05, 0.1) is 0 Å². The van der Waals surface area contributed by atoms with E-state index in [4.69, 9.17) is 0 Å². The van der Waals surface area contributed by atoms with E-state index in [1.165, 1.54) is 6.42 Å². The molecule has 4 heteroatoms. The molecule has 0 aromatic carbocycles. The van der Waals surface area contributed by atoms with Crippen LogP contribution in [0, 0.1) is 17.3 Å². The molecule has 1 saturated heterocycles. The Morgan fingerprint density at radius 1 is 1.38 bits per heavy atom. The smallest absolute Gasteiger partial charge is 0.226 e. The summed E-state index contributed by atoms with van der Waals surface area (Å²) in [5, 5.41) is 6.73. The van der Waals surface area contributed by atoms with Crippen LogP contribution in [-0.2, 0) is 4.79 Å². The number of carbonyl (C=O) groups is 1. The second kappa shape index (κ2) is 8.14. The Balaban J connectivity index is 2.65. The van der Waals surface area contributed by atoms with E-state index in [2.05, 4.69) is 57.3 Å². The second-order valence-electron chi connectivity index (χ2n) is 7.83. The van der Waals surface area contributed by atoms with Gasteiger partial charge in [0.1, 0.15) is 0 Å². The Morgan fingerprint density at radius 2 is 2.05 bits per heavy atom. The second-order valence-corrected chi connectivity index (χ2v) is 7.83. The zero-order valence-electron chi connectivity index (χ0n) is 14.8. The van der Waals surface area contributed by atoms with Crippen LogP contribution in [0.1, 0.15) is 47.0 Å². The fraction of sp³-hybridized carbons (Fsp3) is 0.941. The zero-order valence-corrected chi connectivity index (χ0v) is 14.8. The van der Waals surface area contributed by atoms with Crippen LogP contribution in [0.3, 0.4) is 0 Å². The van der Waals surface area contributed by atoms with E-state index in [1.807, 2.05) is 0 Å². The number of hydrogen-bond donors (Lipinski definition) is 2. The van der Waals surface area contributed by atoms with Crippen LogP contribution in [0.4, 0.5) is 0 Å². The number of nitrogens with zero attached hydrogens (tertiary/aromatic N) is 1. The lowest BCUT2D eigenvalue weighted by Crippen LogP contribution is -2.52. The molecule has 4 nitrogen and oxygen atoms in total. The van der Waals surface area contributed by atoms with E-state index < -0.39 is 0 Å². The maximum atomic E-state index is 12.8. The van der Waals surface area contributed by atoms with Crippen LogP contribution >= 0.6 is 0 Å². The molecule has 1 aliphatic heterocycles. The highest BCUT2D eigenvalue weighted by atomic mass is 16.2. The molecular formula is C17H35N3O. The fourth-order valence-electron chi connectivity index (χ4n) is 3.21. The van der Waals surface area contributed by atoms with Gasteiger partial charge < -0.3 is 15.5 Å². The summed E-state index contributed by atoms with van der Waals surface area (Å²) in [6.45, 7) is 11.6. The van der Waals surface area contributed by atoms with Gasteiger partial charge in [-0.1, -0.05) is 27.7 Å². The lowest BCUT2D eigenvalue weighted by molar-refractivity contribution is -0.133. The first-order valence-electron chi connectivity index (χ1n) is 8.40. The molecule has 1 fully saturated rings.